The van der Waals surface area contributed by atoms with Crippen LogP contribution in [0.15, 0.2) is 24.3 Å². The fourth-order valence-electron chi connectivity index (χ4n) is 2.78. The molecule has 1 aromatic carbocycles. The van der Waals surface area contributed by atoms with Gasteiger partial charge in [0.05, 0.1) is 37.5 Å². The lowest BCUT2D eigenvalue weighted by Gasteiger charge is -2.10. The minimum atomic E-state index is -0.199. The predicted octanol–water partition coefficient (Wildman–Crippen LogP) is 4.00. The molecule has 0 N–H and O–H groups in total. The molecule has 0 aliphatic rings. The fraction of sp³-hybridized carbons (Fsp3) is 0.538. The van der Waals surface area contributed by atoms with Gasteiger partial charge in [-0.15, -0.1) is 0 Å². The average Bonchev–Trinajstić information content (AvgIpc) is 2.83. The second-order valence-electron chi connectivity index (χ2n) is 6.88. The van der Waals surface area contributed by atoms with Crippen molar-refractivity contribution in [3.05, 3.63) is 35.7 Å². The first-order chi connectivity index (χ1) is 15.7. The molecule has 0 fully saturated rings. The highest BCUT2D eigenvalue weighted by atomic mass is 16.5. The third-order valence-corrected chi connectivity index (χ3v) is 4.52. The van der Waals surface area contributed by atoms with E-state index in [4.69, 9.17) is 28.9 Å². The number of nitrogens with zero attached hydrogens (tertiary/aromatic N) is 2. The van der Waals surface area contributed by atoms with Crippen molar-refractivity contribution < 1.29 is 18.9 Å². The maximum Gasteiger partial charge on any atom is 0.148 e. The number of hydrogen-bond donors (Lipinski definition) is 0. The van der Waals surface area contributed by atoms with Crippen LogP contribution in [0, 0.1) is 23.7 Å². The second kappa shape index (κ2) is 15.3. The smallest absolute Gasteiger partial charge is 0.148 e. The Hall–Kier alpha value is -2.48. The molecule has 32 heavy (non-hydrogen) atoms. The molecule has 0 bridgehead atoms. The van der Waals surface area contributed by atoms with Crippen molar-refractivity contribution in [2.24, 2.45) is 0 Å². The highest BCUT2D eigenvalue weighted by Gasteiger charge is 2.08. The van der Waals surface area contributed by atoms with Gasteiger partial charge in [0.25, 0.3) is 0 Å². The van der Waals surface area contributed by atoms with Crippen LogP contribution in [0.2, 0.25) is 0 Å². The van der Waals surface area contributed by atoms with Gasteiger partial charge in [0.1, 0.15) is 23.6 Å². The molecule has 0 aliphatic carbocycles. The lowest BCUT2D eigenvalue weighted by atomic mass is 10.2. The first kappa shape index (κ1) is 25.8. The second-order valence-corrected chi connectivity index (χ2v) is 6.88. The number of hydrogen-bond acceptors (Lipinski definition) is 6. The number of fused-ring (bicyclic) bond motifs is 1. The van der Waals surface area contributed by atoms with Crippen molar-refractivity contribution in [2.45, 2.75) is 52.7 Å². The van der Waals surface area contributed by atoms with Crippen molar-refractivity contribution in [3.8, 4) is 23.7 Å². The summed E-state index contributed by atoms with van der Waals surface area (Å²) in [5.74, 6) is 12.6. The molecule has 2 unspecified atom stereocenters. The van der Waals surface area contributed by atoms with E-state index >= 15 is 0 Å². The Morgan fingerprint density at radius 1 is 0.688 bits per heavy atom. The summed E-state index contributed by atoms with van der Waals surface area (Å²) in [5, 5.41) is 0. The number of aromatic nitrogens is 2. The number of benzene rings is 1. The van der Waals surface area contributed by atoms with Gasteiger partial charge in [0.15, 0.2) is 0 Å². The first-order valence-corrected chi connectivity index (χ1v) is 11.4. The Morgan fingerprint density at radius 2 is 1.12 bits per heavy atom. The molecular formula is C26H34N2O4. The van der Waals surface area contributed by atoms with Crippen LogP contribution in [0.1, 0.15) is 51.9 Å². The Bertz CT molecular complexity index is 863. The van der Waals surface area contributed by atoms with E-state index in [0.29, 0.717) is 51.0 Å². The molecule has 6 nitrogen and oxygen atoms in total. The molecule has 0 radical (unpaired) electrons. The van der Waals surface area contributed by atoms with Crippen LogP contribution in [-0.4, -0.2) is 61.8 Å². The van der Waals surface area contributed by atoms with Gasteiger partial charge in [-0.3, -0.25) is 0 Å². The zero-order chi connectivity index (χ0) is 23.0. The van der Waals surface area contributed by atoms with Crippen LogP contribution in [0.25, 0.3) is 11.0 Å². The average molecular weight is 439 g/mol. The Morgan fingerprint density at radius 3 is 1.50 bits per heavy atom. The summed E-state index contributed by atoms with van der Waals surface area (Å²) in [4.78, 5) is 9.40. The summed E-state index contributed by atoms with van der Waals surface area (Å²) in [6.45, 7) is 11.5. The van der Waals surface area contributed by atoms with Gasteiger partial charge in [0, 0.05) is 13.2 Å². The van der Waals surface area contributed by atoms with Crippen LogP contribution in [0.3, 0.4) is 0 Å². The summed E-state index contributed by atoms with van der Waals surface area (Å²) in [7, 11) is 0. The van der Waals surface area contributed by atoms with Crippen LogP contribution in [0.4, 0.5) is 0 Å². The maximum atomic E-state index is 5.81. The summed E-state index contributed by atoms with van der Waals surface area (Å²) < 4.78 is 22.3. The molecule has 0 saturated heterocycles. The Kier molecular flexibility index (Phi) is 12.4. The van der Waals surface area contributed by atoms with Gasteiger partial charge >= 0.3 is 0 Å². The molecule has 0 amide bonds. The van der Waals surface area contributed by atoms with Crippen molar-refractivity contribution in [1.29, 1.82) is 0 Å². The van der Waals surface area contributed by atoms with Crippen molar-refractivity contribution >= 4 is 11.0 Å². The molecule has 172 valence electrons. The molecule has 2 atom stereocenters. The molecule has 0 spiro atoms. The molecule has 2 aromatic rings. The number of ether oxygens (including phenoxy) is 4. The van der Waals surface area contributed by atoms with Gasteiger partial charge in [-0.2, -0.15) is 0 Å². The minimum Gasteiger partial charge on any atom is -0.379 e. The van der Waals surface area contributed by atoms with E-state index in [1.807, 2.05) is 52.0 Å². The minimum absolute atomic E-state index is 0.199. The van der Waals surface area contributed by atoms with E-state index in [2.05, 4.69) is 23.7 Å². The Labute approximate surface area is 192 Å². The van der Waals surface area contributed by atoms with Gasteiger partial charge in [0.2, 0.25) is 0 Å². The van der Waals surface area contributed by atoms with E-state index in [9.17, 15) is 0 Å². The zero-order valence-corrected chi connectivity index (χ0v) is 19.6. The van der Waals surface area contributed by atoms with Crippen molar-refractivity contribution in [2.75, 3.05) is 39.6 Å². The number of rotatable bonds is 12. The maximum absolute atomic E-state index is 5.81. The topological polar surface area (TPSA) is 62.7 Å². The van der Waals surface area contributed by atoms with Crippen LogP contribution in [-0.2, 0) is 18.9 Å². The van der Waals surface area contributed by atoms with Gasteiger partial charge < -0.3 is 18.9 Å². The van der Waals surface area contributed by atoms with Gasteiger partial charge in [-0.1, -0.05) is 37.8 Å². The lowest BCUT2D eigenvalue weighted by Crippen LogP contribution is -2.14. The quantitative estimate of drug-likeness (QED) is 0.369. The van der Waals surface area contributed by atoms with E-state index in [-0.39, 0.29) is 12.2 Å². The van der Waals surface area contributed by atoms with E-state index in [0.717, 1.165) is 23.9 Å². The molecule has 2 rings (SSSR count). The highest BCUT2D eigenvalue weighted by molar-refractivity contribution is 5.75. The first-order valence-electron chi connectivity index (χ1n) is 11.4. The molecule has 1 heterocycles. The summed E-state index contributed by atoms with van der Waals surface area (Å²) in [6.07, 6.45) is 1.14. The van der Waals surface area contributed by atoms with Gasteiger partial charge in [-0.25, -0.2) is 9.97 Å². The van der Waals surface area contributed by atoms with E-state index < -0.39 is 0 Å². The Balaban J connectivity index is 2.24. The predicted molar refractivity (Wildman–Crippen MR) is 126 cm³/mol. The SMILES string of the molecule is CCOCCOC(C#Cc1nc2ccccc2nc1C#CC(CC)OCCOCC)CC. The normalized spacial score (nSPS) is 12.5. The molecule has 0 aliphatic heterocycles. The van der Waals surface area contributed by atoms with E-state index in [1.165, 1.54) is 0 Å². The molecule has 0 saturated carbocycles. The summed E-state index contributed by atoms with van der Waals surface area (Å²) in [5.41, 5.74) is 2.67. The molecule has 1 aromatic heterocycles. The third kappa shape index (κ3) is 8.94. The van der Waals surface area contributed by atoms with Crippen LogP contribution < -0.4 is 0 Å². The summed E-state index contributed by atoms with van der Waals surface area (Å²) >= 11 is 0. The van der Waals surface area contributed by atoms with Crippen molar-refractivity contribution in [1.82, 2.24) is 9.97 Å². The van der Waals surface area contributed by atoms with Crippen molar-refractivity contribution in [3.63, 3.8) is 0 Å². The largest absolute Gasteiger partial charge is 0.379 e. The van der Waals surface area contributed by atoms with Gasteiger partial charge in [-0.05, 0) is 50.7 Å². The molecule has 6 heteroatoms. The lowest BCUT2D eigenvalue weighted by molar-refractivity contribution is 0.0292. The monoisotopic (exact) mass is 438 g/mol. The standard InChI is InChI=1S/C26H34N2O4/c1-5-21(31-19-17-29-7-3)13-15-25-26(28-24-12-10-9-11-23(24)27-25)16-14-22(6-2)32-20-18-30-8-4/h9-12,21-22H,5-8,17-20H2,1-4H3. The third-order valence-electron chi connectivity index (χ3n) is 4.52. The van der Waals surface area contributed by atoms with E-state index in [1.54, 1.807) is 0 Å². The summed E-state index contributed by atoms with van der Waals surface area (Å²) in [6, 6.07) is 7.72. The van der Waals surface area contributed by atoms with Crippen LogP contribution >= 0.6 is 0 Å². The number of para-hydroxylation sites is 2. The zero-order valence-electron chi connectivity index (χ0n) is 19.6. The van der Waals surface area contributed by atoms with Crippen LogP contribution in [0.5, 0.6) is 0 Å². The molecular weight excluding hydrogens is 404 g/mol. The fourth-order valence-corrected chi connectivity index (χ4v) is 2.78. The highest BCUT2D eigenvalue weighted by Crippen LogP contribution is 2.12.